The minimum Gasteiger partial charge on any atom is -0.357 e. The molecule has 1 amide bonds. The van der Waals surface area contributed by atoms with Crippen LogP contribution in [0.5, 0.6) is 0 Å². The van der Waals surface area contributed by atoms with Crippen molar-refractivity contribution in [3.8, 4) is 0 Å². The monoisotopic (exact) mass is 437 g/mol. The van der Waals surface area contributed by atoms with E-state index in [2.05, 4.69) is 36.0 Å². The molecule has 1 aliphatic heterocycles. The van der Waals surface area contributed by atoms with E-state index in [0.29, 0.717) is 6.04 Å². The van der Waals surface area contributed by atoms with Crippen molar-refractivity contribution in [3.63, 3.8) is 0 Å². The van der Waals surface area contributed by atoms with Gasteiger partial charge in [-0.2, -0.15) is 0 Å². The number of rotatable bonds is 5. The molecule has 2 aliphatic rings. The van der Waals surface area contributed by atoms with Gasteiger partial charge in [0.15, 0.2) is 5.96 Å². The molecule has 0 aromatic heterocycles. The first-order chi connectivity index (χ1) is 10.5. The summed E-state index contributed by atoms with van der Waals surface area (Å²) in [5.41, 5.74) is 0. The highest BCUT2D eigenvalue weighted by Crippen LogP contribution is 2.26. The quantitative estimate of drug-likeness (QED) is 0.399. The third-order valence-electron chi connectivity index (χ3n) is 4.68. The molecule has 6 nitrogen and oxygen atoms in total. The van der Waals surface area contributed by atoms with Gasteiger partial charge in [-0.05, 0) is 33.7 Å². The Morgan fingerprint density at radius 2 is 1.83 bits per heavy atom. The predicted molar refractivity (Wildman–Crippen MR) is 105 cm³/mol. The maximum absolute atomic E-state index is 11.4. The Bertz CT molecular complexity index is 405. The number of hydrogen-bond donors (Lipinski definition) is 1. The van der Waals surface area contributed by atoms with Crippen molar-refractivity contribution < 1.29 is 4.79 Å². The lowest BCUT2D eigenvalue weighted by atomic mass is 10.3. The fourth-order valence-corrected chi connectivity index (χ4v) is 2.85. The van der Waals surface area contributed by atoms with Gasteiger partial charge in [0.05, 0.1) is 6.54 Å². The Balaban J connectivity index is 0.00000264. The van der Waals surface area contributed by atoms with Crippen molar-refractivity contribution in [3.05, 3.63) is 0 Å². The molecule has 0 aromatic carbocycles. The van der Waals surface area contributed by atoms with Crippen molar-refractivity contribution in [2.75, 3.05) is 46.3 Å². The minimum absolute atomic E-state index is 0. The molecule has 1 aliphatic carbocycles. The van der Waals surface area contributed by atoms with E-state index < -0.39 is 0 Å². The number of piperazine rings is 1. The number of likely N-dealkylation sites (N-methyl/N-ethyl adjacent to an activating group) is 1. The van der Waals surface area contributed by atoms with Crippen molar-refractivity contribution >= 4 is 35.8 Å². The van der Waals surface area contributed by atoms with Crippen molar-refractivity contribution in [1.82, 2.24) is 20.0 Å². The molecule has 1 unspecified atom stereocenters. The topological polar surface area (TPSA) is 51.2 Å². The van der Waals surface area contributed by atoms with Gasteiger partial charge >= 0.3 is 0 Å². The summed E-state index contributed by atoms with van der Waals surface area (Å²) < 4.78 is 0. The van der Waals surface area contributed by atoms with Gasteiger partial charge in [0, 0.05) is 51.7 Å². The second-order valence-corrected chi connectivity index (χ2v) is 6.43. The van der Waals surface area contributed by atoms with Gasteiger partial charge in [0.25, 0.3) is 0 Å². The number of hydrogen-bond acceptors (Lipinski definition) is 3. The van der Waals surface area contributed by atoms with E-state index in [1.807, 2.05) is 4.90 Å². The molecule has 7 heteroatoms. The normalized spacial score (nSPS) is 20.3. The Labute approximate surface area is 157 Å². The van der Waals surface area contributed by atoms with Crippen molar-refractivity contribution in [2.45, 2.75) is 45.7 Å². The summed E-state index contributed by atoms with van der Waals surface area (Å²) in [7, 11) is 2.20. The SMILES string of the molecule is CCNC(=NCC(C)N(C)C1CC1)N1CCN(C(C)=O)CC1.I. The van der Waals surface area contributed by atoms with Crippen LogP contribution in [0.2, 0.25) is 0 Å². The van der Waals surface area contributed by atoms with Crippen molar-refractivity contribution in [2.24, 2.45) is 4.99 Å². The van der Waals surface area contributed by atoms with Crippen LogP contribution in [0.25, 0.3) is 0 Å². The first-order valence-corrected chi connectivity index (χ1v) is 8.53. The van der Waals surface area contributed by atoms with Crippen LogP contribution in [0.3, 0.4) is 0 Å². The summed E-state index contributed by atoms with van der Waals surface area (Å²) in [5, 5.41) is 3.39. The molecular formula is C16H32IN5O. The van der Waals surface area contributed by atoms with Gasteiger partial charge < -0.3 is 15.1 Å². The van der Waals surface area contributed by atoms with Crippen molar-refractivity contribution in [1.29, 1.82) is 0 Å². The zero-order valence-electron chi connectivity index (χ0n) is 14.9. The first-order valence-electron chi connectivity index (χ1n) is 8.53. The highest BCUT2D eigenvalue weighted by atomic mass is 127. The van der Waals surface area contributed by atoms with Gasteiger partial charge in [-0.1, -0.05) is 0 Å². The van der Waals surface area contributed by atoms with E-state index in [4.69, 9.17) is 4.99 Å². The molecular weight excluding hydrogens is 405 g/mol. The lowest BCUT2D eigenvalue weighted by Gasteiger charge is -2.36. The van der Waals surface area contributed by atoms with E-state index in [0.717, 1.165) is 51.3 Å². The smallest absolute Gasteiger partial charge is 0.219 e. The standard InChI is InChI=1S/C16H31N5O.HI/c1-5-17-16(18-12-13(2)19(4)15-6-7-15)21-10-8-20(9-11-21)14(3)22;/h13,15H,5-12H2,1-4H3,(H,17,18);1H. The maximum Gasteiger partial charge on any atom is 0.219 e. The van der Waals surface area contributed by atoms with Crippen LogP contribution in [0.1, 0.15) is 33.6 Å². The van der Waals surface area contributed by atoms with E-state index in [-0.39, 0.29) is 29.9 Å². The molecule has 1 saturated heterocycles. The lowest BCUT2D eigenvalue weighted by molar-refractivity contribution is -0.130. The summed E-state index contributed by atoms with van der Waals surface area (Å²) in [6.07, 6.45) is 2.66. The molecule has 23 heavy (non-hydrogen) atoms. The van der Waals surface area contributed by atoms with Crippen LogP contribution in [0, 0.1) is 0 Å². The maximum atomic E-state index is 11.4. The van der Waals surface area contributed by atoms with Crippen LogP contribution in [-0.4, -0.2) is 85.0 Å². The van der Waals surface area contributed by atoms with Gasteiger partial charge in [-0.15, -0.1) is 24.0 Å². The third-order valence-corrected chi connectivity index (χ3v) is 4.68. The number of carbonyl (C=O) groups is 1. The third kappa shape index (κ3) is 6.10. The number of guanidine groups is 1. The Morgan fingerprint density at radius 1 is 1.26 bits per heavy atom. The average Bonchev–Trinajstić information content (AvgIpc) is 3.35. The van der Waals surface area contributed by atoms with Gasteiger partial charge in [0.1, 0.15) is 0 Å². The van der Waals surface area contributed by atoms with Crippen LogP contribution in [0.15, 0.2) is 4.99 Å². The molecule has 0 bridgehead atoms. The molecule has 2 rings (SSSR count). The lowest BCUT2D eigenvalue weighted by Crippen LogP contribution is -2.53. The van der Waals surface area contributed by atoms with Crippen LogP contribution in [-0.2, 0) is 4.79 Å². The largest absolute Gasteiger partial charge is 0.357 e. The first kappa shape index (κ1) is 20.5. The zero-order valence-corrected chi connectivity index (χ0v) is 17.2. The molecule has 0 spiro atoms. The van der Waals surface area contributed by atoms with Crippen LogP contribution < -0.4 is 5.32 Å². The fraction of sp³-hybridized carbons (Fsp3) is 0.875. The minimum atomic E-state index is 0. The number of carbonyl (C=O) groups excluding carboxylic acids is 1. The molecule has 2 fully saturated rings. The van der Waals surface area contributed by atoms with Gasteiger partial charge in [-0.25, -0.2) is 0 Å². The van der Waals surface area contributed by atoms with E-state index in [9.17, 15) is 4.79 Å². The summed E-state index contributed by atoms with van der Waals surface area (Å²) >= 11 is 0. The second kappa shape index (κ2) is 9.66. The number of nitrogens with one attached hydrogen (secondary N) is 1. The molecule has 1 saturated carbocycles. The number of aliphatic imine (C=N–C) groups is 1. The molecule has 0 radical (unpaired) electrons. The molecule has 134 valence electrons. The predicted octanol–water partition coefficient (Wildman–Crippen LogP) is 1.22. The molecule has 0 aromatic rings. The Kier molecular flexibility index (Phi) is 8.60. The van der Waals surface area contributed by atoms with E-state index in [1.165, 1.54) is 12.8 Å². The van der Waals surface area contributed by atoms with E-state index >= 15 is 0 Å². The average molecular weight is 437 g/mol. The second-order valence-electron chi connectivity index (χ2n) is 6.43. The van der Waals surface area contributed by atoms with Crippen LogP contribution in [0.4, 0.5) is 0 Å². The molecule has 1 atom stereocenters. The Hall–Kier alpha value is -0.570. The number of amides is 1. The summed E-state index contributed by atoms with van der Waals surface area (Å²) in [6.45, 7) is 11.0. The van der Waals surface area contributed by atoms with Gasteiger partial charge in [0.2, 0.25) is 5.91 Å². The summed E-state index contributed by atoms with van der Waals surface area (Å²) in [4.78, 5) is 22.9. The zero-order chi connectivity index (χ0) is 16.1. The number of nitrogens with zero attached hydrogens (tertiary/aromatic N) is 4. The molecule has 1 heterocycles. The van der Waals surface area contributed by atoms with E-state index in [1.54, 1.807) is 6.92 Å². The molecule has 1 N–H and O–H groups in total. The van der Waals surface area contributed by atoms with Crippen LogP contribution >= 0.6 is 24.0 Å². The summed E-state index contributed by atoms with van der Waals surface area (Å²) in [6, 6.07) is 1.24. The van der Waals surface area contributed by atoms with Gasteiger partial charge in [-0.3, -0.25) is 14.7 Å². The number of halogens is 1. The highest BCUT2D eigenvalue weighted by molar-refractivity contribution is 14.0. The highest BCUT2D eigenvalue weighted by Gasteiger charge is 2.29. The summed E-state index contributed by atoms with van der Waals surface area (Å²) in [5.74, 6) is 1.16. The Morgan fingerprint density at radius 3 is 2.30 bits per heavy atom. The fourth-order valence-electron chi connectivity index (χ4n) is 2.85.